The maximum atomic E-state index is 9.89. The van der Waals surface area contributed by atoms with Crippen molar-refractivity contribution in [3.8, 4) is 5.88 Å². The highest BCUT2D eigenvalue weighted by molar-refractivity contribution is 9.10. The van der Waals surface area contributed by atoms with E-state index in [-0.39, 0.29) is 0 Å². The highest BCUT2D eigenvalue weighted by Gasteiger charge is 1.97. The molecule has 5 nitrogen and oxygen atoms in total. The van der Waals surface area contributed by atoms with Crippen LogP contribution in [-0.4, -0.2) is 33.8 Å². The van der Waals surface area contributed by atoms with Gasteiger partial charge in [0.15, 0.2) is 0 Å². The van der Waals surface area contributed by atoms with E-state index in [4.69, 9.17) is 4.74 Å². The molecule has 0 aliphatic heterocycles. The molecule has 0 radical (unpaired) electrons. The number of aryl methyl sites for hydroxylation is 1. The Labute approximate surface area is 104 Å². The van der Waals surface area contributed by atoms with Crippen LogP contribution in [0.1, 0.15) is 5.56 Å². The van der Waals surface area contributed by atoms with Gasteiger partial charge in [0.2, 0.25) is 15.9 Å². The van der Waals surface area contributed by atoms with Crippen molar-refractivity contribution >= 4 is 26.0 Å². The molecule has 0 atom stereocenters. The summed E-state index contributed by atoms with van der Waals surface area (Å²) in [6, 6.07) is 1.96. The SMILES string of the molecule is CNS(C)(=O)=O.COc1ncc(Br)cc1C. The molecular weight excluding hydrogens is 296 g/mol. The third kappa shape index (κ3) is 6.76. The molecule has 1 rings (SSSR count). The lowest BCUT2D eigenvalue weighted by Gasteiger charge is -2.01. The number of sulfonamides is 1. The zero-order valence-electron chi connectivity index (χ0n) is 9.61. The van der Waals surface area contributed by atoms with Crippen molar-refractivity contribution in [1.29, 1.82) is 0 Å². The number of aromatic nitrogens is 1. The Balaban J connectivity index is 0.000000325. The first-order valence-corrected chi connectivity index (χ1v) is 7.03. The van der Waals surface area contributed by atoms with Gasteiger partial charge in [-0.2, -0.15) is 0 Å². The van der Waals surface area contributed by atoms with Crippen molar-refractivity contribution in [2.24, 2.45) is 0 Å². The molecule has 7 heteroatoms. The Bertz CT molecular complexity index is 434. The third-order valence-corrected chi connectivity index (χ3v) is 2.74. The molecule has 1 aromatic rings. The fourth-order valence-corrected chi connectivity index (χ4v) is 1.19. The van der Waals surface area contributed by atoms with E-state index >= 15 is 0 Å². The van der Waals surface area contributed by atoms with E-state index in [1.165, 1.54) is 7.05 Å². The van der Waals surface area contributed by atoms with Crippen molar-refractivity contribution in [3.63, 3.8) is 0 Å². The average molecular weight is 311 g/mol. The van der Waals surface area contributed by atoms with Gasteiger partial charge in [-0.05, 0) is 36.0 Å². The van der Waals surface area contributed by atoms with Gasteiger partial charge in [-0.1, -0.05) is 0 Å². The van der Waals surface area contributed by atoms with Gasteiger partial charge in [-0.25, -0.2) is 18.1 Å². The van der Waals surface area contributed by atoms with Crippen LogP contribution in [-0.2, 0) is 10.0 Å². The van der Waals surface area contributed by atoms with Crippen LogP contribution in [0.15, 0.2) is 16.7 Å². The van der Waals surface area contributed by atoms with Crippen LogP contribution >= 0.6 is 15.9 Å². The molecule has 1 heterocycles. The summed E-state index contributed by atoms with van der Waals surface area (Å²) in [6.45, 7) is 1.95. The summed E-state index contributed by atoms with van der Waals surface area (Å²) in [6.07, 6.45) is 2.82. The van der Waals surface area contributed by atoms with Crippen molar-refractivity contribution in [2.45, 2.75) is 6.92 Å². The number of methoxy groups -OCH3 is 1. The molecule has 0 saturated carbocycles. The van der Waals surface area contributed by atoms with E-state index in [1.807, 2.05) is 13.0 Å². The van der Waals surface area contributed by atoms with Gasteiger partial charge in [0.1, 0.15) is 0 Å². The molecule has 0 aromatic carbocycles. The number of nitrogens with zero attached hydrogens (tertiary/aromatic N) is 1. The van der Waals surface area contributed by atoms with Gasteiger partial charge in [0.25, 0.3) is 0 Å². The minimum Gasteiger partial charge on any atom is -0.481 e. The first-order chi connectivity index (χ1) is 7.30. The second kappa shape index (κ2) is 6.82. The molecule has 0 unspecified atom stereocenters. The smallest absolute Gasteiger partial charge is 0.215 e. The predicted octanol–water partition coefficient (Wildman–Crippen LogP) is 1.33. The summed E-state index contributed by atoms with van der Waals surface area (Å²) < 4.78 is 27.8. The van der Waals surface area contributed by atoms with Crippen molar-refractivity contribution in [2.75, 3.05) is 20.4 Å². The lowest BCUT2D eigenvalue weighted by Crippen LogP contribution is -2.15. The highest BCUT2D eigenvalue weighted by Crippen LogP contribution is 2.17. The summed E-state index contributed by atoms with van der Waals surface area (Å²) >= 11 is 3.31. The summed E-state index contributed by atoms with van der Waals surface area (Å²) in [5, 5.41) is 0. The second-order valence-electron chi connectivity index (χ2n) is 2.96. The predicted molar refractivity (Wildman–Crippen MR) is 67.1 cm³/mol. The Morgan fingerprint density at radius 2 is 2.00 bits per heavy atom. The monoisotopic (exact) mass is 310 g/mol. The third-order valence-electron chi connectivity index (χ3n) is 1.56. The van der Waals surface area contributed by atoms with Crippen LogP contribution in [0, 0.1) is 6.92 Å². The molecule has 16 heavy (non-hydrogen) atoms. The van der Waals surface area contributed by atoms with Crippen LogP contribution in [0.2, 0.25) is 0 Å². The van der Waals surface area contributed by atoms with Crippen LogP contribution in [0.4, 0.5) is 0 Å². The molecule has 92 valence electrons. The summed E-state index contributed by atoms with van der Waals surface area (Å²) in [4.78, 5) is 4.03. The van der Waals surface area contributed by atoms with E-state index in [0.717, 1.165) is 16.3 Å². The van der Waals surface area contributed by atoms with Gasteiger partial charge in [0, 0.05) is 16.2 Å². The number of hydrogen-bond acceptors (Lipinski definition) is 4. The van der Waals surface area contributed by atoms with E-state index in [1.54, 1.807) is 13.3 Å². The van der Waals surface area contributed by atoms with Gasteiger partial charge >= 0.3 is 0 Å². The van der Waals surface area contributed by atoms with E-state index in [9.17, 15) is 8.42 Å². The van der Waals surface area contributed by atoms with Crippen LogP contribution in [0.25, 0.3) is 0 Å². The largest absolute Gasteiger partial charge is 0.481 e. The molecule has 0 spiro atoms. The fraction of sp³-hybridized carbons (Fsp3) is 0.444. The summed E-state index contributed by atoms with van der Waals surface area (Å²) in [5.74, 6) is 0.684. The number of halogens is 1. The van der Waals surface area contributed by atoms with Crippen LogP contribution in [0.3, 0.4) is 0 Å². The fourth-order valence-electron chi connectivity index (χ4n) is 0.742. The van der Waals surface area contributed by atoms with Crippen molar-refractivity contribution in [3.05, 3.63) is 22.3 Å². The Hall–Kier alpha value is -0.660. The molecule has 1 N–H and O–H groups in total. The molecule has 1 aromatic heterocycles. The number of pyridine rings is 1. The first kappa shape index (κ1) is 15.3. The second-order valence-corrected chi connectivity index (χ2v) is 5.82. The lowest BCUT2D eigenvalue weighted by molar-refractivity contribution is 0.394. The molecule has 0 aliphatic rings. The molecule has 0 fully saturated rings. The zero-order chi connectivity index (χ0) is 12.8. The first-order valence-electron chi connectivity index (χ1n) is 4.34. The normalized spacial score (nSPS) is 10.3. The highest BCUT2D eigenvalue weighted by atomic mass is 79.9. The number of rotatable bonds is 2. The molecule has 0 bridgehead atoms. The van der Waals surface area contributed by atoms with Gasteiger partial charge in [-0.3, -0.25) is 0 Å². The maximum Gasteiger partial charge on any atom is 0.215 e. The minimum absolute atomic E-state index is 0.684. The van der Waals surface area contributed by atoms with E-state index < -0.39 is 10.0 Å². The van der Waals surface area contributed by atoms with Gasteiger partial charge < -0.3 is 4.74 Å². The zero-order valence-corrected chi connectivity index (χ0v) is 12.0. The van der Waals surface area contributed by atoms with Crippen molar-refractivity contribution < 1.29 is 13.2 Å². The topological polar surface area (TPSA) is 68.3 Å². The van der Waals surface area contributed by atoms with Crippen LogP contribution < -0.4 is 9.46 Å². The quantitative estimate of drug-likeness (QED) is 0.894. The minimum atomic E-state index is -2.91. The average Bonchev–Trinajstić information content (AvgIpc) is 2.18. The Kier molecular flexibility index (Phi) is 6.54. The molecular formula is C9H15BrN2O3S. The maximum absolute atomic E-state index is 9.89. The Morgan fingerprint density at radius 3 is 2.31 bits per heavy atom. The number of nitrogens with one attached hydrogen (secondary N) is 1. The summed E-state index contributed by atoms with van der Waals surface area (Å²) in [7, 11) is 0.0727. The number of ether oxygens (including phenoxy) is 1. The van der Waals surface area contributed by atoms with Crippen LogP contribution in [0.5, 0.6) is 5.88 Å². The Morgan fingerprint density at radius 1 is 1.50 bits per heavy atom. The van der Waals surface area contributed by atoms with E-state index in [0.29, 0.717) is 5.88 Å². The molecule has 0 amide bonds. The molecule has 0 saturated heterocycles. The summed E-state index contributed by atoms with van der Waals surface area (Å²) in [5.41, 5.74) is 1.04. The van der Waals surface area contributed by atoms with E-state index in [2.05, 4.69) is 25.6 Å². The standard InChI is InChI=1S/C7H8BrNO.C2H7NO2S/c1-5-3-6(8)4-9-7(5)10-2;1-3-6(2,4)5/h3-4H,1-2H3;3H,1-2H3. The lowest BCUT2D eigenvalue weighted by atomic mass is 10.3. The van der Waals surface area contributed by atoms with Gasteiger partial charge in [0.05, 0.1) is 13.4 Å². The van der Waals surface area contributed by atoms with Gasteiger partial charge in [-0.15, -0.1) is 0 Å². The van der Waals surface area contributed by atoms with Crippen molar-refractivity contribution in [1.82, 2.24) is 9.71 Å². The molecule has 0 aliphatic carbocycles. The number of hydrogen-bond donors (Lipinski definition) is 1.